The van der Waals surface area contributed by atoms with Crippen molar-refractivity contribution in [1.82, 2.24) is 0 Å². The second-order valence-electron chi connectivity index (χ2n) is 24.1. The highest BCUT2D eigenvalue weighted by Crippen LogP contribution is 2.19. The maximum Gasteiger partial charge on any atom is 0.306 e. The van der Waals surface area contributed by atoms with Gasteiger partial charge in [0.2, 0.25) is 0 Å². The van der Waals surface area contributed by atoms with Gasteiger partial charge < -0.3 is 14.2 Å². The predicted octanol–water partition coefficient (Wildman–Crippen LogP) is 24.7. The zero-order valence-electron chi connectivity index (χ0n) is 54.3. The summed E-state index contributed by atoms with van der Waals surface area (Å²) in [5, 5.41) is 0. The third-order valence-corrected chi connectivity index (χ3v) is 16.0. The summed E-state index contributed by atoms with van der Waals surface area (Å²) < 4.78 is 17.0. The Hall–Kier alpha value is -2.89. The minimum Gasteiger partial charge on any atom is -0.462 e. The molecule has 0 bridgehead atoms. The monoisotopic (exact) mass is 1130 g/mol. The summed E-state index contributed by atoms with van der Waals surface area (Å²) >= 11 is 0. The van der Waals surface area contributed by atoms with Crippen molar-refractivity contribution >= 4 is 17.9 Å². The Labute approximate surface area is 504 Å². The van der Waals surface area contributed by atoms with Crippen molar-refractivity contribution in [2.24, 2.45) is 0 Å². The van der Waals surface area contributed by atoms with E-state index < -0.39 is 6.10 Å². The van der Waals surface area contributed by atoms with Crippen molar-refractivity contribution in [3.8, 4) is 0 Å². The number of hydrogen-bond donors (Lipinski definition) is 0. The molecule has 0 fully saturated rings. The number of rotatable bonds is 66. The Morgan fingerprint density at radius 2 is 0.481 bits per heavy atom. The lowest BCUT2D eigenvalue weighted by Gasteiger charge is -2.18. The van der Waals surface area contributed by atoms with E-state index in [1.807, 2.05) is 0 Å². The Balaban J connectivity index is 4.12. The molecule has 0 aromatic heterocycles. The van der Waals surface area contributed by atoms with E-state index in [0.717, 1.165) is 89.9 Å². The maximum atomic E-state index is 12.9. The van der Waals surface area contributed by atoms with Crippen LogP contribution < -0.4 is 0 Å². The molecule has 0 saturated heterocycles. The van der Waals surface area contributed by atoms with Crippen LogP contribution in [0.3, 0.4) is 0 Å². The molecule has 0 amide bonds. The van der Waals surface area contributed by atoms with Crippen molar-refractivity contribution in [1.29, 1.82) is 0 Å². The molecule has 0 aliphatic carbocycles. The molecule has 0 aromatic rings. The first kappa shape index (κ1) is 78.1. The van der Waals surface area contributed by atoms with Gasteiger partial charge in [0.05, 0.1) is 0 Å². The summed E-state index contributed by atoms with van der Waals surface area (Å²) in [6.07, 6.45) is 89.7. The first-order valence-corrected chi connectivity index (χ1v) is 35.8. The second kappa shape index (κ2) is 69.6. The molecule has 0 spiro atoms. The molecule has 0 rings (SSSR count). The molecule has 1 unspecified atom stereocenters. The Morgan fingerprint density at radius 1 is 0.259 bits per heavy atom. The highest BCUT2D eigenvalue weighted by atomic mass is 16.6. The SMILES string of the molecule is CC/C=C\C/C=C\C/C=C\C/C=C\C/C=C\CCCCCCCCCCCCCCCCCCCC(=O)OCC(COC(=O)CCCCCCCCCCCCCC)OC(=O)CCCCCCCCCCCCCCCCCCCC. The lowest BCUT2D eigenvalue weighted by molar-refractivity contribution is -0.167. The maximum absolute atomic E-state index is 12.9. The van der Waals surface area contributed by atoms with E-state index in [9.17, 15) is 14.4 Å². The molecule has 1 atom stereocenters. The number of carbonyl (C=O) groups excluding carboxylic acids is 3. The number of ether oxygens (including phenoxy) is 3. The Bertz CT molecular complexity index is 1440. The van der Waals surface area contributed by atoms with Gasteiger partial charge in [-0.3, -0.25) is 14.4 Å². The Kier molecular flexibility index (Phi) is 67.1. The summed E-state index contributed by atoms with van der Waals surface area (Å²) in [4.78, 5) is 38.4. The normalized spacial score (nSPS) is 12.4. The smallest absolute Gasteiger partial charge is 0.306 e. The number of unbranched alkanes of at least 4 members (excludes halogenated alkanes) is 45. The van der Waals surface area contributed by atoms with Crippen LogP contribution in [-0.2, 0) is 28.6 Å². The van der Waals surface area contributed by atoms with Crippen molar-refractivity contribution in [2.75, 3.05) is 13.2 Å². The topological polar surface area (TPSA) is 78.9 Å². The molecule has 0 aliphatic heterocycles. The van der Waals surface area contributed by atoms with Gasteiger partial charge in [-0.1, -0.05) is 358 Å². The molecule has 0 N–H and O–H groups in total. The van der Waals surface area contributed by atoms with E-state index in [0.29, 0.717) is 19.3 Å². The van der Waals surface area contributed by atoms with E-state index in [1.165, 1.54) is 250 Å². The minimum atomic E-state index is -0.769. The summed E-state index contributed by atoms with van der Waals surface area (Å²) in [7, 11) is 0. The summed E-state index contributed by atoms with van der Waals surface area (Å²) in [6, 6.07) is 0. The van der Waals surface area contributed by atoms with Gasteiger partial charge in [0, 0.05) is 19.3 Å². The van der Waals surface area contributed by atoms with Gasteiger partial charge in [-0.05, 0) is 64.2 Å². The molecule has 472 valence electrons. The Morgan fingerprint density at radius 3 is 0.753 bits per heavy atom. The van der Waals surface area contributed by atoms with Crippen molar-refractivity contribution in [3.63, 3.8) is 0 Å². The quantitative estimate of drug-likeness (QED) is 0.0261. The summed E-state index contributed by atoms with van der Waals surface area (Å²) in [5.41, 5.74) is 0. The number of allylic oxidation sites excluding steroid dienone is 10. The number of esters is 3. The predicted molar refractivity (Wildman–Crippen MR) is 353 cm³/mol. The van der Waals surface area contributed by atoms with Crippen LogP contribution in [0.15, 0.2) is 60.8 Å². The van der Waals surface area contributed by atoms with E-state index in [2.05, 4.69) is 81.5 Å². The molecule has 0 aliphatic rings. The van der Waals surface area contributed by atoms with E-state index in [-0.39, 0.29) is 31.1 Å². The van der Waals surface area contributed by atoms with Crippen molar-refractivity contribution in [3.05, 3.63) is 60.8 Å². The molecular weight excluding hydrogens is 997 g/mol. The molecule has 0 aromatic carbocycles. The summed E-state index contributed by atoms with van der Waals surface area (Å²) in [6.45, 7) is 6.59. The fourth-order valence-electron chi connectivity index (χ4n) is 10.7. The van der Waals surface area contributed by atoms with Gasteiger partial charge in [0.15, 0.2) is 6.10 Å². The van der Waals surface area contributed by atoms with Crippen LogP contribution in [0.4, 0.5) is 0 Å². The average Bonchev–Trinajstić information content (AvgIpc) is 3.47. The molecule has 6 nitrogen and oxygen atoms in total. The molecule has 81 heavy (non-hydrogen) atoms. The van der Waals surface area contributed by atoms with E-state index >= 15 is 0 Å². The van der Waals surface area contributed by atoms with Crippen LogP contribution in [0.2, 0.25) is 0 Å². The van der Waals surface area contributed by atoms with Crippen molar-refractivity contribution < 1.29 is 28.6 Å². The van der Waals surface area contributed by atoms with E-state index in [1.54, 1.807) is 0 Å². The first-order chi connectivity index (χ1) is 40.0. The van der Waals surface area contributed by atoms with Gasteiger partial charge in [-0.15, -0.1) is 0 Å². The van der Waals surface area contributed by atoms with Gasteiger partial charge >= 0.3 is 17.9 Å². The molecule has 0 radical (unpaired) electrons. The number of hydrogen-bond acceptors (Lipinski definition) is 6. The van der Waals surface area contributed by atoms with Crippen LogP contribution in [0.5, 0.6) is 0 Å². The minimum absolute atomic E-state index is 0.0659. The average molecular weight is 1130 g/mol. The van der Waals surface area contributed by atoms with Gasteiger partial charge in [0.1, 0.15) is 13.2 Å². The summed E-state index contributed by atoms with van der Waals surface area (Å²) in [5.74, 6) is -0.838. The first-order valence-electron chi connectivity index (χ1n) is 35.8. The zero-order valence-corrected chi connectivity index (χ0v) is 54.3. The molecule has 6 heteroatoms. The van der Waals surface area contributed by atoms with Gasteiger partial charge in [-0.2, -0.15) is 0 Å². The highest BCUT2D eigenvalue weighted by Gasteiger charge is 2.19. The lowest BCUT2D eigenvalue weighted by Crippen LogP contribution is -2.30. The fourth-order valence-corrected chi connectivity index (χ4v) is 10.7. The molecule has 0 saturated carbocycles. The van der Waals surface area contributed by atoms with Crippen LogP contribution >= 0.6 is 0 Å². The fraction of sp³-hybridized carbons (Fsp3) is 0.827. The van der Waals surface area contributed by atoms with Crippen LogP contribution in [0, 0.1) is 0 Å². The molecular formula is C75H136O6. The van der Waals surface area contributed by atoms with E-state index in [4.69, 9.17) is 14.2 Å². The third kappa shape index (κ3) is 67.8. The third-order valence-electron chi connectivity index (χ3n) is 16.0. The highest BCUT2D eigenvalue weighted by molar-refractivity contribution is 5.71. The standard InChI is InChI=1S/C75H136O6/c1-4-7-10-13-16-19-22-25-27-29-31-32-33-34-35-36-37-38-39-40-41-42-43-44-45-47-48-50-53-56-59-62-65-68-74(77)80-71-72(70-79-73(76)67-64-61-58-55-52-24-21-18-15-12-9-6-3)81-75(78)69-66-63-60-57-54-51-49-46-30-28-26-23-20-17-14-11-8-5-2/h7,10,16,19,25,27,31-32,34-35,72H,4-6,8-9,11-15,17-18,20-24,26,28-30,33,36-71H2,1-3H3/b10-7-,19-16-,27-25-,32-31-,35-34-. The van der Waals surface area contributed by atoms with Crippen molar-refractivity contribution in [2.45, 2.75) is 386 Å². The molecule has 0 heterocycles. The number of carbonyl (C=O) groups is 3. The van der Waals surface area contributed by atoms with Gasteiger partial charge in [0.25, 0.3) is 0 Å². The lowest BCUT2D eigenvalue weighted by atomic mass is 10.0. The largest absolute Gasteiger partial charge is 0.462 e. The van der Waals surface area contributed by atoms with Gasteiger partial charge in [-0.25, -0.2) is 0 Å². The van der Waals surface area contributed by atoms with Crippen LogP contribution in [0.1, 0.15) is 380 Å². The second-order valence-corrected chi connectivity index (χ2v) is 24.1. The zero-order chi connectivity index (χ0) is 58.5. The van der Waals surface area contributed by atoms with Crippen LogP contribution in [0.25, 0.3) is 0 Å². The van der Waals surface area contributed by atoms with Crippen LogP contribution in [-0.4, -0.2) is 37.2 Å².